The largest absolute Gasteiger partial charge is 0.228 e. The van der Waals surface area contributed by atoms with Crippen molar-refractivity contribution in [2.45, 2.75) is 19.3 Å². The predicted octanol–water partition coefficient (Wildman–Crippen LogP) is 14.6. The second-order valence-electron chi connectivity index (χ2n) is 15.7. The standard InChI is InChI=1S/C55H38N2/c1-55(2)49-25-13-24-47(52(49)48-29-28-36-15-8-9-21-42(36)53(48)55)45-30-31-46(44-23-11-10-22-43(44)45)51-34-50(56-54(57-51)37-16-4-3-5-17-37)41-20-12-19-39(33-41)40-27-26-35-14-6-7-18-38(35)32-40/h3-34H,1-2H3. The number of aromatic nitrogens is 2. The van der Waals surface area contributed by atoms with Crippen molar-refractivity contribution in [3.05, 3.63) is 205 Å². The van der Waals surface area contributed by atoms with Crippen molar-refractivity contribution in [2.75, 3.05) is 0 Å². The van der Waals surface area contributed by atoms with Crippen LogP contribution < -0.4 is 0 Å². The molecule has 0 fully saturated rings. The van der Waals surface area contributed by atoms with Crippen molar-refractivity contribution in [1.29, 1.82) is 0 Å². The van der Waals surface area contributed by atoms with Crippen LogP contribution in [0.25, 0.3) is 99.6 Å². The van der Waals surface area contributed by atoms with E-state index in [0.29, 0.717) is 5.82 Å². The van der Waals surface area contributed by atoms with Crippen LogP contribution in [-0.2, 0) is 5.41 Å². The zero-order chi connectivity index (χ0) is 38.1. The molecule has 268 valence electrons. The molecule has 11 rings (SSSR count). The van der Waals surface area contributed by atoms with E-state index < -0.39 is 0 Å². The molecule has 2 heteroatoms. The zero-order valence-corrected chi connectivity index (χ0v) is 31.9. The lowest BCUT2D eigenvalue weighted by Gasteiger charge is -2.23. The molecule has 0 amide bonds. The fraction of sp³-hybridized carbons (Fsp3) is 0.0545. The Morgan fingerprint density at radius 3 is 1.79 bits per heavy atom. The highest BCUT2D eigenvalue weighted by atomic mass is 14.9. The Hall–Kier alpha value is -7.16. The smallest absolute Gasteiger partial charge is 0.160 e. The van der Waals surface area contributed by atoms with E-state index in [-0.39, 0.29) is 5.41 Å². The van der Waals surface area contributed by atoms with Crippen molar-refractivity contribution < 1.29 is 0 Å². The molecule has 0 saturated carbocycles. The maximum absolute atomic E-state index is 5.29. The van der Waals surface area contributed by atoms with Crippen LogP contribution in [0.15, 0.2) is 194 Å². The summed E-state index contributed by atoms with van der Waals surface area (Å²) in [6, 6.07) is 70.1. The molecule has 0 atom stereocenters. The summed E-state index contributed by atoms with van der Waals surface area (Å²) in [6.07, 6.45) is 0. The first-order chi connectivity index (χ1) is 28.0. The molecule has 1 aliphatic rings. The van der Waals surface area contributed by atoms with Crippen LogP contribution in [0.1, 0.15) is 25.0 Å². The van der Waals surface area contributed by atoms with Gasteiger partial charge in [-0.1, -0.05) is 190 Å². The molecule has 0 N–H and O–H groups in total. The summed E-state index contributed by atoms with van der Waals surface area (Å²) in [5.74, 6) is 0.708. The number of rotatable bonds is 5. The Balaban J connectivity index is 1.08. The fourth-order valence-electron chi connectivity index (χ4n) is 9.31. The Morgan fingerprint density at radius 2 is 0.947 bits per heavy atom. The molecule has 1 aromatic heterocycles. The third-order valence-electron chi connectivity index (χ3n) is 12.1. The van der Waals surface area contributed by atoms with Crippen molar-refractivity contribution in [3.63, 3.8) is 0 Å². The van der Waals surface area contributed by atoms with Gasteiger partial charge in [-0.05, 0) is 95.0 Å². The summed E-state index contributed by atoms with van der Waals surface area (Å²) in [7, 11) is 0. The second-order valence-corrected chi connectivity index (χ2v) is 15.7. The van der Waals surface area contributed by atoms with Gasteiger partial charge in [-0.15, -0.1) is 0 Å². The van der Waals surface area contributed by atoms with Crippen LogP contribution in [0.4, 0.5) is 0 Å². The lowest BCUT2D eigenvalue weighted by molar-refractivity contribution is 0.666. The van der Waals surface area contributed by atoms with Gasteiger partial charge >= 0.3 is 0 Å². The van der Waals surface area contributed by atoms with Crippen LogP contribution in [0.3, 0.4) is 0 Å². The van der Waals surface area contributed by atoms with E-state index in [0.717, 1.165) is 39.0 Å². The molecule has 0 aliphatic heterocycles. The number of nitrogens with zero attached hydrogens (tertiary/aromatic N) is 2. The van der Waals surface area contributed by atoms with Crippen LogP contribution in [0, 0.1) is 0 Å². The van der Waals surface area contributed by atoms with E-state index >= 15 is 0 Å². The fourth-order valence-corrected chi connectivity index (χ4v) is 9.31. The highest BCUT2D eigenvalue weighted by Crippen LogP contribution is 2.55. The zero-order valence-electron chi connectivity index (χ0n) is 31.9. The first-order valence-electron chi connectivity index (χ1n) is 19.7. The number of fused-ring (bicyclic) bond motifs is 7. The summed E-state index contributed by atoms with van der Waals surface area (Å²) in [6.45, 7) is 4.76. The molecule has 57 heavy (non-hydrogen) atoms. The lowest BCUT2D eigenvalue weighted by atomic mass is 9.80. The summed E-state index contributed by atoms with van der Waals surface area (Å²) < 4.78 is 0. The lowest BCUT2D eigenvalue weighted by Crippen LogP contribution is -2.15. The van der Waals surface area contributed by atoms with Crippen LogP contribution >= 0.6 is 0 Å². The van der Waals surface area contributed by atoms with Gasteiger partial charge in [-0.2, -0.15) is 0 Å². The Kier molecular flexibility index (Phi) is 7.55. The quantitative estimate of drug-likeness (QED) is 0.176. The summed E-state index contributed by atoms with van der Waals surface area (Å²) in [4.78, 5) is 10.5. The highest BCUT2D eigenvalue weighted by Gasteiger charge is 2.38. The summed E-state index contributed by atoms with van der Waals surface area (Å²) in [5, 5.41) is 7.45. The molecule has 2 nitrogen and oxygen atoms in total. The Labute approximate surface area is 332 Å². The van der Waals surface area contributed by atoms with Gasteiger partial charge in [0, 0.05) is 22.1 Å². The molecule has 0 radical (unpaired) electrons. The van der Waals surface area contributed by atoms with Gasteiger partial charge in [-0.25, -0.2) is 9.97 Å². The van der Waals surface area contributed by atoms with E-state index in [4.69, 9.17) is 9.97 Å². The van der Waals surface area contributed by atoms with Gasteiger partial charge in [-0.3, -0.25) is 0 Å². The molecule has 0 bridgehead atoms. The maximum Gasteiger partial charge on any atom is 0.160 e. The van der Waals surface area contributed by atoms with E-state index in [1.807, 2.05) is 6.07 Å². The van der Waals surface area contributed by atoms with E-state index in [2.05, 4.69) is 202 Å². The maximum atomic E-state index is 5.29. The highest BCUT2D eigenvalue weighted by molar-refractivity contribution is 6.09. The van der Waals surface area contributed by atoms with E-state index in [1.165, 1.54) is 65.9 Å². The molecular formula is C55H38N2. The molecule has 0 unspecified atom stereocenters. The third kappa shape index (κ3) is 5.40. The molecule has 0 spiro atoms. The average molecular weight is 727 g/mol. The topological polar surface area (TPSA) is 25.8 Å². The minimum atomic E-state index is -0.131. The van der Waals surface area contributed by atoms with Crippen molar-refractivity contribution in [3.8, 4) is 67.3 Å². The molecule has 10 aromatic rings. The van der Waals surface area contributed by atoms with Gasteiger partial charge in [0.05, 0.1) is 11.4 Å². The van der Waals surface area contributed by atoms with Gasteiger partial charge in [0.25, 0.3) is 0 Å². The van der Waals surface area contributed by atoms with Crippen molar-refractivity contribution >= 4 is 32.3 Å². The third-order valence-corrected chi connectivity index (χ3v) is 12.1. The summed E-state index contributed by atoms with van der Waals surface area (Å²) in [5.41, 5.74) is 15.1. The number of hydrogen-bond acceptors (Lipinski definition) is 2. The molecular weight excluding hydrogens is 689 g/mol. The molecule has 9 aromatic carbocycles. The Morgan fingerprint density at radius 1 is 0.351 bits per heavy atom. The summed E-state index contributed by atoms with van der Waals surface area (Å²) >= 11 is 0. The van der Waals surface area contributed by atoms with Crippen molar-refractivity contribution in [2.24, 2.45) is 0 Å². The van der Waals surface area contributed by atoms with Gasteiger partial charge in [0.1, 0.15) is 0 Å². The van der Waals surface area contributed by atoms with Gasteiger partial charge < -0.3 is 0 Å². The minimum Gasteiger partial charge on any atom is -0.228 e. The molecule has 1 aliphatic carbocycles. The first-order valence-corrected chi connectivity index (χ1v) is 19.7. The van der Waals surface area contributed by atoms with Crippen LogP contribution in [0.2, 0.25) is 0 Å². The van der Waals surface area contributed by atoms with Crippen LogP contribution in [-0.4, -0.2) is 9.97 Å². The van der Waals surface area contributed by atoms with E-state index in [9.17, 15) is 0 Å². The second kappa shape index (κ2) is 13.0. The minimum absolute atomic E-state index is 0.131. The van der Waals surface area contributed by atoms with Crippen LogP contribution in [0.5, 0.6) is 0 Å². The monoisotopic (exact) mass is 726 g/mol. The predicted molar refractivity (Wildman–Crippen MR) is 239 cm³/mol. The molecule has 1 heterocycles. The van der Waals surface area contributed by atoms with E-state index in [1.54, 1.807) is 0 Å². The van der Waals surface area contributed by atoms with Gasteiger partial charge in [0.2, 0.25) is 0 Å². The number of benzene rings is 9. The van der Waals surface area contributed by atoms with Gasteiger partial charge in [0.15, 0.2) is 5.82 Å². The molecule has 0 saturated heterocycles. The number of hydrogen-bond donors (Lipinski definition) is 0. The Bertz CT molecular complexity index is 3210. The van der Waals surface area contributed by atoms with Crippen molar-refractivity contribution in [1.82, 2.24) is 9.97 Å². The first kappa shape index (κ1) is 33.2. The average Bonchev–Trinajstić information content (AvgIpc) is 3.52. The normalized spacial score (nSPS) is 12.9. The SMILES string of the molecule is CC1(C)c2cccc(-c3ccc(-c4cc(-c5cccc(-c6ccc7ccccc7c6)c5)nc(-c5ccccc5)n4)c4ccccc34)c2-c2ccc3ccccc3c21.